The summed E-state index contributed by atoms with van der Waals surface area (Å²) in [4.78, 5) is 13.1. The molecule has 0 aliphatic carbocycles. The number of furan rings is 1. The molecule has 0 bridgehead atoms. The van der Waals surface area contributed by atoms with Crippen molar-refractivity contribution in [2.75, 3.05) is 17.6 Å². The zero-order chi connectivity index (χ0) is 16.6. The molecule has 3 heterocycles. The second-order valence-electron chi connectivity index (χ2n) is 4.77. The number of hydrogen-bond donors (Lipinski definition) is 2. The summed E-state index contributed by atoms with van der Waals surface area (Å²) in [5, 5.41) is 17.1. The third-order valence-corrected chi connectivity index (χ3v) is 5.95. The predicted molar refractivity (Wildman–Crippen MR) is 97.7 cm³/mol. The van der Waals surface area contributed by atoms with Crippen LogP contribution in [-0.2, 0) is 17.8 Å². The first-order chi connectivity index (χ1) is 11.8. The molecular formula is C15H16N4O2S3. The van der Waals surface area contributed by atoms with Gasteiger partial charge in [-0.3, -0.25) is 4.79 Å². The molecule has 0 aliphatic rings. The van der Waals surface area contributed by atoms with Crippen molar-refractivity contribution in [1.29, 1.82) is 0 Å². The highest BCUT2D eigenvalue weighted by atomic mass is 32.2. The molecule has 24 heavy (non-hydrogen) atoms. The van der Waals surface area contributed by atoms with Gasteiger partial charge in [-0.1, -0.05) is 29.2 Å². The van der Waals surface area contributed by atoms with E-state index < -0.39 is 0 Å². The molecule has 3 aromatic rings. The van der Waals surface area contributed by atoms with E-state index >= 15 is 0 Å². The van der Waals surface area contributed by atoms with Crippen molar-refractivity contribution in [1.82, 2.24) is 15.5 Å². The second kappa shape index (κ2) is 8.86. The fourth-order valence-corrected chi connectivity index (χ4v) is 4.18. The average Bonchev–Trinajstić information content (AvgIpc) is 3.33. The molecular weight excluding hydrogens is 364 g/mol. The molecule has 0 fully saturated rings. The Kier molecular flexibility index (Phi) is 6.27. The molecule has 0 aliphatic heterocycles. The number of thioether (sulfide) groups is 1. The summed E-state index contributed by atoms with van der Waals surface area (Å²) >= 11 is 4.59. The van der Waals surface area contributed by atoms with Gasteiger partial charge in [0.1, 0.15) is 5.76 Å². The lowest BCUT2D eigenvalue weighted by Gasteiger charge is -2.01. The van der Waals surface area contributed by atoms with E-state index in [1.165, 1.54) is 28.0 Å². The number of amides is 1. The maximum absolute atomic E-state index is 11.8. The molecule has 0 atom stereocenters. The van der Waals surface area contributed by atoms with Gasteiger partial charge in [-0.2, -0.15) is 0 Å². The molecule has 126 valence electrons. The summed E-state index contributed by atoms with van der Waals surface area (Å²) in [7, 11) is 0. The molecule has 3 rings (SSSR count). The molecule has 0 saturated carbocycles. The molecule has 3 aromatic heterocycles. The highest BCUT2D eigenvalue weighted by molar-refractivity contribution is 8.01. The van der Waals surface area contributed by atoms with Gasteiger partial charge in [-0.25, -0.2) is 0 Å². The number of rotatable bonds is 9. The molecule has 2 N–H and O–H groups in total. The van der Waals surface area contributed by atoms with Crippen LogP contribution in [0.3, 0.4) is 0 Å². The van der Waals surface area contributed by atoms with E-state index in [1.54, 1.807) is 23.7 Å². The number of carbonyl (C=O) groups excluding carboxylic acids is 1. The van der Waals surface area contributed by atoms with E-state index in [0.717, 1.165) is 28.2 Å². The molecule has 1 amide bonds. The van der Waals surface area contributed by atoms with E-state index in [1.807, 2.05) is 6.07 Å². The molecule has 0 spiro atoms. The van der Waals surface area contributed by atoms with E-state index in [-0.39, 0.29) is 5.91 Å². The largest absolute Gasteiger partial charge is 0.467 e. The van der Waals surface area contributed by atoms with Gasteiger partial charge in [0.2, 0.25) is 11.0 Å². The van der Waals surface area contributed by atoms with Crippen molar-refractivity contribution < 1.29 is 9.21 Å². The second-order valence-corrected chi connectivity index (χ2v) is 8.01. The Morgan fingerprint density at radius 2 is 2.25 bits per heavy atom. The Morgan fingerprint density at radius 3 is 3.04 bits per heavy atom. The van der Waals surface area contributed by atoms with Gasteiger partial charge in [0.15, 0.2) is 4.34 Å². The minimum Gasteiger partial charge on any atom is -0.467 e. The first-order valence-electron chi connectivity index (χ1n) is 7.31. The van der Waals surface area contributed by atoms with Crippen LogP contribution in [0.2, 0.25) is 0 Å². The normalized spacial score (nSPS) is 10.7. The van der Waals surface area contributed by atoms with Gasteiger partial charge in [-0.05, 0) is 30.0 Å². The van der Waals surface area contributed by atoms with Crippen molar-refractivity contribution in [2.45, 2.75) is 17.3 Å². The number of hydrogen-bond acceptors (Lipinski definition) is 8. The molecule has 0 aromatic carbocycles. The quantitative estimate of drug-likeness (QED) is 0.555. The molecule has 0 saturated heterocycles. The number of anilines is 1. The lowest BCUT2D eigenvalue weighted by Crippen LogP contribution is -2.24. The van der Waals surface area contributed by atoms with Gasteiger partial charge in [0.25, 0.3) is 0 Å². The third-order valence-electron chi connectivity index (χ3n) is 3.00. The summed E-state index contributed by atoms with van der Waals surface area (Å²) in [5.74, 6) is 0.991. The average molecular weight is 381 g/mol. The summed E-state index contributed by atoms with van der Waals surface area (Å²) < 4.78 is 5.94. The maximum atomic E-state index is 11.8. The van der Waals surface area contributed by atoms with Gasteiger partial charge in [0.05, 0.1) is 18.6 Å². The maximum Gasteiger partial charge on any atom is 0.230 e. The Hall–Kier alpha value is -1.84. The minimum atomic E-state index is -0.0567. The summed E-state index contributed by atoms with van der Waals surface area (Å²) in [6.07, 6.45) is 2.55. The van der Waals surface area contributed by atoms with Crippen LogP contribution in [0.25, 0.3) is 0 Å². The Balaban J connectivity index is 1.35. The van der Waals surface area contributed by atoms with Crippen molar-refractivity contribution in [3.05, 3.63) is 46.5 Å². The predicted octanol–water partition coefficient (Wildman–Crippen LogP) is 3.26. The monoisotopic (exact) mass is 380 g/mol. The van der Waals surface area contributed by atoms with Crippen molar-refractivity contribution in [2.24, 2.45) is 0 Å². The van der Waals surface area contributed by atoms with Crippen LogP contribution in [0.4, 0.5) is 5.13 Å². The van der Waals surface area contributed by atoms with Crippen LogP contribution >= 0.6 is 34.4 Å². The van der Waals surface area contributed by atoms with Gasteiger partial charge < -0.3 is 15.1 Å². The smallest absolute Gasteiger partial charge is 0.230 e. The van der Waals surface area contributed by atoms with E-state index in [2.05, 4.69) is 38.3 Å². The fraction of sp³-hybridized carbons (Fsp3) is 0.267. The van der Waals surface area contributed by atoms with E-state index in [4.69, 9.17) is 4.42 Å². The van der Waals surface area contributed by atoms with Crippen LogP contribution in [-0.4, -0.2) is 28.4 Å². The zero-order valence-electron chi connectivity index (χ0n) is 12.7. The van der Waals surface area contributed by atoms with Gasteiger partial charge in [-0.15, -0.1) is 21.5 Å². The molecule has 6 nitrogen and oxygen atoms in total. The summed E-state index contributed by atoms with van der Waals surface area (Å²) in [6.45, 7) is 1.22. The van der Waals surface area contributed by atoms with E-state index in [0.29, 0.717) is 12.3 Å². The highest BCUT2D eigenvalue weighted by Gasteiger charge is 2.08. The number of aromatic nitrogens is 2. The number of nitrogens with zero attached hydrogens (tertiary/aromatic N) is 2. The van der Waals surface area contributed by atoms with E-state index in [9.17, 15) is 4.79 Å². The Morgan fingerprint density at radius 1 is 1.29 bits per heavy atom. The standard InChI is InChI=1S/C15H16N4O2S3/c20-13(17-9-11-3-1-7-21-11)10-23-15-19-18-14(24-15)16-6-5-12-4-2-8-22-12/h1-4,7-8H,5-6,9-10H2,(H,16,18)(H,17,20). The van der Waals surface area contributed by atoms with Crippen LogP contribution in [0.15, 0.2) is 44.7 Å². The molecule has 0 radical (unpaired) electrons. The first kappa shape index (κ1) is 17.0. The van der Waals surface area contributed by atoms with Gasteiger partial charge in [0, 0.05) is 11.4 Å². The number of carbonyl (C=O) groups is 1. The first-order valence-corrected chi connectivity index (χ1v) is 9.99. The van der Waals surface area contributed by atoms with Crippen LogP contribution < -0.4 is 10.6 Å². The lowest BCUT2D eigenvalue weighted by molar-refractivity contribution is -0.118. The molecule has 9 heteroatoms. The van der Waals surface area contributed by atoms with Crippen molar-refractivity contribution >= 4 is 45.5 Å². The number of thiophene rings is 1. The Bertz CT molecular complexity index is 741. The zero-order valence-corrected chi connectivity index (χ0v) is 15.2. The third kappa shape index (κ3) is 5.36. The van der Waals surface area contributed by atoms with Crippen molar-refractivity contribution in [3.63, 3.8) is 0 Å². The van der Waals surface area contributed by atoms with Crippen molar-refractivity contribution in [3.8, 4) is 0 Å². The van der Waals surface area contributed by atoms with Crippen LogP contribution in [0.5, 0.6) is 0 Å². The topological polar surface area (TPSA) is 80.0 Å². The van der Waals surface area contributed by atoms with Crippen LogP contribution in [0.1, 0.15) is 10.6 Å². The van der Waals surface area contributed by atoms with Gasteiger partial charge >= 0.3 is 0 Å². The highest BCUT2D eigenvalue weighted by Crippen LogP contribution is 2.25. The number of nitrogens with one attached hydrogen (secondary N) is 2. The minimum absolute atomic E-state index is 0.0567. The SMILES string of the molecule is O=C(CSc1nnc(NCCc2cccs2)s1)NCc1ccco1. The fourth-order valence-electron chi connectivity index (χ4n) is 1.86. The Labute approximate surface area is 151 Å². The van der Waals surface area contributed by atoms with Crippen LogP contribution in [0, 0.1) is 0 Å². The summed E-state index contributed by atoms with van der Waals surface area (Å²) in [6, 6.07) is 7.79. The molecule has 0 unspecified atom stereocenters. The summed E-state index contributed by atoms with van der Waals surface area (Å²) in [5.41, 5.74) is 0. The lowest BCUT2D eigenvalue weighted by atomic mass is 10.3.